The Labute approximate surface area is 149 Å². The maximum Gasteiger partial charge on any atom is 0.280 e. The molecule has 0 unspecified atom stereocenters. The van der Waals surface area contributed by atoms with Crippen LogP contribution in [0.25, 0.3) is 21.6 Å². The lowest BCUT2D eigenvalue weighted by Crippen LogP contribution is -2.38. The number of rotatable bonds is 3. The summed E-state index contributed by atoms with van der Waals surface area (Å²) in [4.78, 5) is 31.1. The molecule has 1 aliphatic rings. The van der Waals surface area contributed by atoms with Gasteiger partial charge in [0.2, 0.25) is 5.91 Å². The number of hydrogen-bond donors (Lipinski definition) is 1. The van der Waals surface area contributed by atoms with Crippen LogP contribution in [0.4, 0.5) is 0 Å². The summed E-state index contributed by atoms with van der Waals surface area (Å²) >= 11 is 1.50. The van der Waals surface area contributed by atoms with Gasteiger partial charge in [-0.1, -0.05) is 37.5 Å². The summed E-state index contributed by atoms with van der Waals surface area (Å²) in [6.45, 7) is 0. The van der Waals surface area contributed by atoms with Gasteiger partial charge in [-0.2, -0.15) is 4.68 Å². The Balaban J connectivity index is 1.80. The molecule has 25 heavy (non-hydrogen) atoms. The van der Waals surface area contributed by atoms with Crippen molar-refractivity contribution in [3.05, 3.63) is 52.1 Å². The van der Waals surface area contributed by atoms with Gasteiger partial charge in [-0.05, 0) is 36.4 Å². The summed E-state index contributed by atoms with van der Waals surface area (Å²) in [5.74, 6) is 0.378. The van der Waals surface area contributed by atoms with Crippen LogP contribution < -0.4 is 11.0 Å². The van der Waals surface area contributed by atoms with Gasteiger partial charge in [-0.25, -0.2) is 4.98 Å². The topological polar surface area (TPSA) is 64.0 Å². The quantitative estimate of drug-likeness (QED) is 0.779. The smallest absolute Gasteiger partial charge is 0.273 e. The van der Waals surface area contributed by atoms with E-state index in [9.17, 15) is 9.59 Å². The Morgan fingerprint density at radius 1 is 1.12 bits per heavy atom. The fourth-order valence-electron chi connectivity index (χ4n) is 3.37. The third-order valence-corrected chi connectivity index (χ3v) is 5.58. The van der Waals surface area contributed by atoms with E-state index in [1.54, 1.807) is 6.07 Å². The molecule has 1 amide bonds. The number of aromatic nitrogens is 2. The lowest BCUT2D eigenvalue weighted by Gasteiger charge is -2.22. The number of carbonyl (C=O) groups is 1. The summed E-state index contributed by atoms with van der Waals surface area (Å²) in [5, 5.41) is 2.44. The normalized spacial score (nSPS) is 15.4. The molecule has 0 atom stereocenters. The number of nitrogens with zero attached hydrogens (tertiary/aromatic N) is 2. The molecule has 0 radical (unpaired) electrons. The highest BCUT2D eigenvalue weighted by atomic mass is 32.1. The van der Waals surface area contributed by atoms with Gasteiger partial charge in [-0.15, -0.1) is 11.3 Å². The molecule has 0 saturated heterocycles. The van der Waals surface area contributed by atoms with Crippen molar-refractivity contribution in [3.63, 3.8) is 0 Å². The number of fused-ring (bicyclic) bond motifs is 1. The molecule has 4 rings (SSSR count). The van der Waals surface area contributed by atoms with Crippen molar-refractivity contribution >= 4 is 28.1 Å². The van der Waals surface area contributed by atoms with Gasteiger partial charge >= 0.3 is 0 Å². The molecule has 1 aromatic carbocycles. The van der Waals surface area contributed by atoms with Gasteiger partial charge in [0.1, 0.15) is 0 Å². The molecule has 0 spiro atoms. The van der Waals surface area contributed by atoms with Crippen LogP contribution in [0.5, 0.6) is 0 Å². The van der Waals surface area contributed by atoms with E-state index in [1.165, 1.54) is 22.4 Å². The van der Waals surface area contributed by atoms with Crippen LogP contribution in [0, 0.1) is 5.92 Å². The van der Waals surface area contributed by atoms with E-state index < -0.39 is 0 Å². The monoisotopic (exact) mass is 353 g/mol. The number of amides is 1. The molecule has 1 aliphatic carbocycles. The lowest BCUT2D eigenvalue weighted by molar-refractivity contribution is -0.121. The average molecular weight is 353 g/mol. The molecular weight excluding hydrogens is 334 g/mol. The first-order chi connectivity index (χ1) is 12.2. The zero-order valence-electron chi connectivity index (χ0n) is 13.8. The van der Waals surface area contributed by atoms with E-state index in [1.807, 2.05) is 35.7 Å². The van der Waals surface area contributed by atoms with Crippen LogP contribution in [0.3, 0.4) is 0 Å². The van der Waals surface area contributed by atoms with Crippen molar-refractivity contribution < 1.29 is 4.79 Å². The Hall–Kier alpha value is -2.47. The second-order valence-corrected chi connectivity index (χ2v) is 7.33. The largest absolute Gasteiger partial charge is 0.280 e. The summed E-state index contributed by atoms with van der Waals surface area (Å²) in [7, 11) is 0. The molecule has 5 nitrogen and oxygen atoms in total. The number of hydrogen-bond acceptors (Lipinski definition) is 4. The summed E-state index contributed by atoms with van der Waals surface area (Å²) in [5.41, 5.74) is 3.24. The highest BCUT2D eigenvalue weighted by molar-refractivity contribution is 7.13. The summed E-state index contributed by atoms with van der Waals surface area (Å²) in [6.07, 6.45) is 5.09. The van der Waals surface area contributed by atoms with Crippen molar-refractivity contribution in [1.82, 2.24) is 9.66 Å². The van der Waals surface area contributed by atoms with Crippen LogP contribution in [0.2, 0.25) is 0 Å². The Bertz CT molecular complexity index is 956. The fourth-order valence-corrected chi connectivity index (χ4v) is 4.08. The second kappa shape index (κ2) is 6.80. The SMILES string of the molecule is O=C(Nn1c(-c2cccs2)nc2ccccc2c1=O)C1CCCCC1. The molecule has 6 heteroatoms. The van der Waals surface area contributed by atoms with Crippen LogP contribution in [-0.2, 0) is 4.79 Å². The molecular formula is C19H19N3O2S. The van der Waals surface area contributed by atoms with Crippen molar-refractivity contribution in [2.75, 3.05) is 5.43 Å². The number of thiophene rings is 1. The maximum atomic E-state index is 13.0. The van der Waals surface area contributed by atoms with Gasteiger partial charge in [0, 0.05) is 5.92 Å². The molecule has 0 bridgehead atoms. The van der Waals surface area contributed by atoms with Crippen molar-refractivity contribution in [1.29, 1.82) is 0 Å². The van der Waals surface area contributed by atoms with E-state index in [0.29, 0.717) is 16.7 Å². The Morgan fingerprint density at radius 2 is 1.92 bits per heavy atom. The van der Waals surface area contributed by atoms with Crippen molar-refractivity contribution in [2.45, 2.75) is 32.1 Å². The first-order valence-corrected chi connectivity index (χ1v) is 9.48. The standard InChI is InChI=1S/C19H19N3O2S/c23-18(13-7-2-1-3-8-13)21-22-17(16-11-6-12-25-16)20-15-10-5-4-9-14(15)19(22)24/h4-6,9-13H,1-3,7-8H2,(H,21,23). The fraction of sp³-hybridized carbons (Fsp3) is 0.316. The number of benzene rings is 1. The lowest BCUT2D eigenvalue weighted by atomic mass is 9.89. The van der Waals surface area contributed by atoms with E-state index in [-0.39, 0.29) is 17.4 Å². The third kappa shape index (κ3) is 3.09. The van der Waals surface area contributed by atoms with Gasteiger partial charge in [0.25, 0.3) is 5.56 Å². The van der Waals surface area contributed by atoms with Gasteiger partial charge in [-0.3, -0.25) is 15.0 Å². The maximum absolute atomic E-state index is 13.0. The van der Waals surface area contributed by atoms with E-state index in [2.05, 4.69) is 10.4 Å². The van der Waals surface area contributed by atoms with Crippen LogP contribution in [-0.4, -0.2) is 15.6 Å². The average Bonchev–Trinajstić information content (AvgIpc) is 3.19. The van der Waals surface area contributed by atoms with Crippen LogP contribution in [0.1, 0.15) is 32.1 Å². The number of carbonyl (C=O) groups excluding carboxylic acids is 1. The Kier molecular flexibility index (Phi) is 4.36. The molecule has 0 aliphatic heterocycles. The molecule has 2 heterocycles. The third-order valence-electron chi connectivity index (χ3n) is 4.72. The zero-order valence-corrected chi connectivity index (χ0v) is 14.6. The van der Waals surface area contributed by atoms with Crippen molar-refractivity contribution in [3.8, 4) is 10.7 Å². The van der Waals surface area contributed by atoms with Crippen LogP contribution >= 0.6 is 11.3 Å². The minimum absolute atomic E-state index is 0.0247. The van der Waals surface area contributed by atoms with E-state index >= 15 is 0 Å². The Morgan fingerprint density at radius 3 is 2.68 bits per heavy atom. The summed E-state index contributed by atoms with van der Waals surface area (Å²) < 4.78 is 1.32. The first kappa shape index (κ1) is 16.0. The van der Waals surface area contributed by atoms with Crippen molar-refractivity contribution in [2.24, 2.45) is 5.92 Å². The van der Waals surface area contributed by atoms with Gasteiger partial charge in [0.05, 0.1) is 15.8 Å². The minimum atomic E-state index is -0.238. The molecule has 3 aromatic rings. The predicted octanol–water partition coefficient (Wildman–Crippen LogP) is 3.78. The van der Waals surface area contributed by atoms with Gasteiger partial charge in [0.15, 0.2) is 5.82 Å². The number of nitrogens with one attached hydrogen (secondary N) is 1. The molecule has 1 fully saturated rings. The second-order valence-electron chi connectivity index (χ2n) is 6.38. The van der Waals surface area contributed by atoms with E-state index in [4.69, 9.17) is 0 Å². The zero-order chi connectivity index (χ0) is 17.2. The molecule has 2 aromatic heterocycles. The minimum Gasteiger partial charge on any atom is -0.273 e. The predicted molar refractivity (Wildman–Crippen MR) is 100 cm³/mol. The molecule has 1 N–H and O–H groups in total. The first-order valence-electron chi connectivity index (χ1n) is 8.60. The van der Waals surface area contributed by atoms with Gasteiger partial charge < -0.3 is 0 Å². The highest BCUT2D eigenvalue weighted by Crippen LogP contribution is 2.25. The van der Waals surface area contributed by atoms with Crippen LogP contribution in [0.15, 0.2) is 46.6 Å². The molecule has 128 valence electrons. The molecule has 1 saturated carbocycles. The number of para-hydroxylation sites is 1. The highest BCUT2D eigenvalue weighted by Gasteiger charge is 2.23. The van der Waals surface area contributed by atoms with E-state index in [0.717, 1.165) is 30.6 Å². The summed E-state index contributed by atoms with van der Waals surface area (Å²) in [6, 6.07) is 11.0.